The zero-order valence-electron chi connectivity index (χ0n) is 6.05. The van der Waals surface area contributed by atoms with Gasteiger partial charge in [0.1, 0.15) is 3.70 Å². The van der Waals surface area contributed by atoms with Crippen LogP contribution in [-0.2, 0) is 0 Å². The molecule has 0 amide bonds. The van der Waals surface area contributed by atoms with Crippen molar-refractivity contribution in [3.63, 3.8) is 0 Å². The molecule has 5 heteroatoms. The van der Waals surface area contributed by atoms with Crippen molar-refractivity contribution < 1.29 is 0 Å². The van der Waals surface area contributed by atoms with E-state index in [0.717, 1.165) is 9.52 Å². The Labute approximate surface area is 82.8 Å². The first-order valence-electron chi connectivity index (χ1n) is 3.34. The van der Waals surface area contributed by atoms with Crippen LogP contribution in [0.1, 0.15) is 0 Å². The van der Waals surface area contributed by atoms with Crippen LogP contribution in [0.25, 0.3) is 5.82 Å². The smallest absolute Gasteiger partial charge is 0.171 e. The summed E-state index contributed by atoms with van der Waals surface area (Å²) in [4.78, 5) is 8.25. The van der Waals surface area contributed by atoms with E-state index in [9.17, 15) is 0 Å². The molecule has 0 saturated carbocycles. The summed E-state index contributed by atoms with van der Waals surface area (Å²) in [6.07, 6.45) is 6.93. The molecule has 0 N–H and O–H groups in total. The lowest BCUT2D eigenvalue weighted by Gasteiger charge is -1.97. The maximum atomic E-state index is 4.15. The van der Waals surface area contributed by atoms with E-state index < -0.39 is 0 Å². The fourth-order valence-electron chi connectivity index (χ4n) is 0.828. The third-order valence-electron chi connectivity index (χ3n) is 1.35. The first-order chi connectivity index (χ1) is 5.86. The van der Waals surface area contributed by atoms with Crippen molar-refractivity contribution in [1.82, 2.24) is 19.7 Å². The van der Waals surface area contributed by atoms with Gasteiger partial charge >= 0.3 is 0 Å². The van der Waals surface area contributed by atoms with Gasteiger partial charge in [-0.2, -0.15) is 5.10 Å². The standard InChI is InChI=1S/C7H5IN4/c8-6-4-10-7(5-9-6)12-3-1-2-11-12/h1-5H. The van der Waals surface area contributed by atoms with Crippen LogP contribution in [0.2, 0.25) is 0 Å². The van der Waals surface area contributed by atoms with E-state index in [4.69, 9.17) is 0 Å². The minimum absolute atomic E-state index is 0.736. The second-order valence-corrected chi connectivity index (χ2v) is 3.25. The normalized spacial score (nSPS) is 10.1. The molecule has 12 heavy (non-hydrogen) atoms. The number of nitrogens with zero attached hydrogens (tertiary/aromatic N) is 4. The summed E-state index contributed by atoms with van der Waals surface area (Å²) < 4.78 is 2.55. The highest BCUT2D eigenvalue weighted by atomic mass is 127. The lowest BCUT2D eigenvalue weighted by Crippen LogP contribution is -1.98. The molecule has 0 aliphatic rings. The number of aromatic nitrogens is 4. The molecule has 0 radical (unpaired) electrons. The molecule has 2 aromatic rings. The van der Waals surface area contributed by atoms with Crippen molar-refractivity contribution in [3.8, 4) is 5.82 Å². The molecule has 2 aromatic heterocycles. The van der Waals surface area contributed by atoms with E-state index in [1.54, 1.807) is 23.3 Å². The Hall–Kier alpha value is -0.980. The maximum Gasteiger partial charge on any atom is 0.171 e. The van der Waals surface area contributed by atoms with Gasteiger partial charge < -0.3 is 0 Å². The molecule has 2 heterocycles. The Morgan fingerprint density at radius 1 is 1.25 bits per heavy atom. The van der Waals surface area contributed by atoms with Crippen LogP contribution in [0.15, 0.2) is 30.9 Å². The van der Waals surface area contributed by atoms with Gasteiger partial charge in [0.25, 0.3) is 0 Å². The van der Waals surface area contributed by atoms with Gasteiger partial charge in [-0.15, -0.1) is 0 Å². The summed E-state index contributed by atoms with van der Waals surface area (Å²) in [5.41, 5.74) is 0. The van der Waals surface area contributed by atoms with E-state index in [0.29, 0.717) is 0 Å². The van der Waals surface area contributed by atoms with Crippen LogP contribution in [0.3, 0.4) is 0 Å². The Bertz CT molecular complexity index is 353. The van der Waals surface area contributed by atoms with E-state index in [-0.39, 0.29) is 0 Å². The van der Waals surface area contributed by atoms with Gasteiger partial charge in [0.15, 0.2) is 5.82 Å². The van der Waals surface area contributed by atoms with Gasteiger partial charge in [0, 0.05) is 12.4 Å². The molecule has 0 aliphatic carbocycles. The van der Waals surface area contributed by atoms with E-state index in [2.05, 4.69) is 37.7 Å². The molecule has 0 bridgehead atoms. The number of hydrogen-bond acceptors (Lipinski definition) is 3. The van der Waals surface area contributed by atoms with Gasteiger partial charge in [0.05, 0.1) is 12.4 Å². The maximum absolute atomic E-state index is 4.15. The monoisotopic (exact) mass is 272 g/mol. The van der Waals surface area contributed by atoms with Crippen LogP contribution in [0, 0.1) is 3.70 Å². The summed E-state index contributed by atoms with van der Waals surface area (Å²) in [7, 11) is 0. The van der Waals surface area contributed by atoms with Crippen molar-refractivity contribution in [1.29, 1.82) is 0 Å². The predicted molar refractivity (Wildman–Crippen MR) is 51.9 cm³/mol. The van der Waals surface area contributed by atoms with Crippen molar-refractivity contribution in [2.24, 2.45) is 0 Å². The highest BCUT2D eigenvalue weighted by molar-refractivity contribution is 14.1. The Morgan fingerprint density at radius 2 is 2.17 bits per heavy atom. The molecule has 0 saturated heterocycles. The quantitative estimate of drug-likeness (QED) is 0.734. The first-order valence-corrected chi connectivity index (χ1v) is 4.42. The molecule has 0 aromatic carbocycles. The summed E-state index contributed by atoms with van der Waals surface area (Å²) in [6, 6.07) is 1.85. The predicted octanol–water partition coefficient (Wildman–Crippen LogP) is 1.27. The zero-order chi connectivity index (χ0) is 8.39. The average Bonchev–Trinajstić information content (AvgIpc) is 2.58. The lowest BCUT2D eigenvalue weighted by atomic mass is 10.6. The highest BCUT2D eigenvalue weighted by Gasteiger charge is 1.96. The third kappa shape index (κ3) is 1.45. The van der Waals surface area contributed by atoms with E-state index in [1.165, 1.54) is 0 Å². The van der Waals surface area contributed by atoms with Crippen molar-refractivity contribution in [3.05, 3.63) is 34.6 Å². The number of halogens is 1. The molecular weight excluding hydrogens is 267 g/mol. The summed E-state index contributed by atoms with van der Waals surface area (Å²) >= 11 is 2.11. The Kier molecular flexibility index (Phi) is 2.03. The van der Waals surface area contributed by atoms with Crippen molar-refractivity contribution in [2.75, 3.05) is 0 Å². The van der Waals surface area contributed by atoms with Gasteiger partial charge in [0.2, 0.25) is 0 Å². The average molecular weight is 272 g/mol. The Balaban J connectivity index is 2.43. The van der Waals surface area contributed by atoms with Crippen LogP contribution < -0.4 is 0 Å². The fraction of sp³-hybridized carbons (Fsp3) is 0. The number of rotatable bonds is 1. The van der Waals surface area contributed by atoms with Gasteiger partial charge in [-0.05, 0) is 28.7 Å². The molecule has 2 rings (SSSR count). The lowest BCUT2D eigenvalue weighted by molar-refractivity contribution is 0.835. The van der Waals surface area contributed by atoms with Gasteiger partial charge in [-0.1, -0.05) is 0 Å². The largest absolute Gasteiger partial charge is 0.245 e. The molecule has 0 atom stereocenters. The number of hydrogen-bond donors (Lipinski definition) is 0. The molecule has 0 aliphatic heterocycles. The summed E-state index contributed by atoms with van der Waals surface area (Å²) in [6.45, 7) is 0. The minimum atomic E-state index is 0.736. The molecule has 0 spiro atoms. The molecule has 0 fully saturated rings. The fourth-order valence-corrected chi connectivity index (χ4v) is 1.11. The summed E-state index contributed by atoms with van der Waals surface area (Å²) in [5, 5.41) is 4.03. The SMILES string of the molecule is Ic1cnc(-n2cccn2)cn1. The third-order valence-corrected chi connectivity index (χ3v) is 1.90. The highest BCUT2D eigenvalue weighted by Crippen LogP contribution is 2.02. The first kappa shape index (κ1) is 7.66. The van der Waals surface area contributed by atoms with Crippen LogP contribution >= 0.6 is 22.6 Å². The van der Waals surface area contributed by atoms with Gasteiger partial charge in [-0.25, -0.2) is 14.6 Å². The van der Waals surface area contributed by atoms with E-state index >= 15 is 0 Å². The minimum Gasteiger partial charge on any atom is -0.245 e. The molecule has 4 nitrogen and oxygen atoms in total. The van der Waals surface area contributed by atoms with Gasteiger partial charge in [-0.3, -0.25) is 0 Å². The van der Waals surface area contributed by atoms with Crippen LogP contribution in [0.5, 0.6) is 0 Å². The summed E-state index contributed by atoms with van der Waals surface area (Å²) in [5.74, 6) is 0.736. The van der Waals surface area contributed by atoms with Crippen LogP contribution in [0.4, 0.5) is 0 Å². The Morgan fingerprint density at radius 3 is 2.75 bits per heavy atom. The van der Waals surface area contributed by atoms with E-state index in [1.807, 2.05) is 12.3 Å². The second-order valence-electron chi connectivity index (χ2n) is 2.15. The zero-order valence-corrected chi connectivity index (χ0v) is 8.21. The van der Waals surface area contributed by atoms with Crippen molar-refractivity contribution in [2.45, 2.75) is 0 Å². The topological polar surface area (TPSA) is 43.6 Å². The second kappa shape index (κ2) is 3.18. The van der Waals surface area contributed by atoms with Crippen LogP contribution in [-0.4, -0.2) is 19.7 Å². The molecule has 60 valence electrons. The molecule has 0 unspecified atom stereocenters. The van der Waals surface area contributed by atoms with Crippen molar-refractivity contribution >= 4 is 22.6 Å². The molecular formula is C7H5IN4.